The van der Waals surface area contributed by atoms with Gasteiger partial charge in [-0.1, -0.05) is 6.07 Å². The molecule has 82 valence electrons. The number of nitrogens with zero attached hydrogens (tertiary/aromatic N) is 1. The molecule has 2 nitrogen and oxygen atoms in total. The van der Waals surface area contributed by atoms with Crippen LogP contribution in [0.15, 0.2) is 17.5 Å². The number of thiophene rings is 1. The minimum atomic E-state index is 0.889. The maximum Gasteiger partial charge on any atom is 0.0107 e. The van der Waals surface area contributed by atoms with Gasteiger partial charge in [0.1, 0.15) is 0 Å². The molecule has 0 amide bonds. The van der Waals surface area contributed by atoms with Crippen molar-refractivity contribution in [3.63, 3.8) is 0 Å². The van der Waals surface area contributed by atoms with E-state index < -0.39 is 0 Å². The smallest absolute Gasteiger partial charge is 0.0107 e. The molecular formula is C12H18N2S. The van der Waals surface area contributed by atoms with Gasteiger partial charge in [-0.3, -0.25) is 0 Å². The molecule has 0 radical (unpaired) electrons. The molecule has 2 unspecified atom stereocenters. The second kappa shape index (κ2) is 4.24. The maximum atomic E-state index is 3.41. The molecule has 0 spiro atoms. The van der Waals surface area contributed by atoms with Crippen molar-refractivity contribution >= 4 is 11.3 Å². The van der Waals surface area contributed by atoms with Crippen LogP contribution in [0.5, 0.6) is 0 Å². The van der Waals surface area contributed by atoms with Crippen LogP contribution in [0.3, 0.4) is 0 Å². The van der Waals surface area contributed by atoms with Crippen LogP contribution in [-0.2, 0) is 0 Å². The highest BCUT2D eigenvalue weighted by Gasteiger charge is 2.39. The van der Waals surface area contributed by atoms with Gasteiger partial charge < -0.3 is 10.2 Å². The summed E-state index contributed by atoms with van der Waals surface area (Å²) >= 11 is 1.93. The van der Waals surface area contributed by atoms with Crippen LogP contribution in [0.25, 0.3) is 0 Å². The van der Waals surface area contributed by atoms with Gasteiger partial charge >= 0.3 is 0 Å². The van der Waals surface area contributed by atoms with E-state index in [1.807, 2.05) is 11.3 Å². The molecule has 1 aromatic rings. The Morgan fingerprint density at radius 3 is 3.00 bits per heavy atom. The molecule has 1 N–H and O–H groups in total. The van der Waals surface area contributed by atoms with Gasteiger partial charge in [-0.25, -0.2) is 0 Å². The molecule has 1 aliphatic carbocycles. The third-order valence-electron chi connectivity index (χ3n) is 3.53. The Morgan fingerprint density at radius 1 is 1.40 bits per heavy atom. The fourth-order valence-corrected chi connectivity index (χ4v) is 3.46. The summed E-state index contributed by atoms with van der Waals surface area (Å²) in [7, 11) is 0. The summed E-state index contributed by atoms with van der Waals surface area (Å²) in [6, 6.07) is 4.48. The van der Waals surface area contributed by atoms with Crippen LogP contribution < -0.4 is 5.32 Å². The average Bonchev–Trinajstić information content (AvgIpc) is 2.82. The number of piperazine rings is 1. The molecule has 2 aliphatic rings. The molecule has 1 aromatic heterocycles. The number of hydrogen-bond acceptors (Lipinski definition) is 3. The van der Waals surface area contributed by atoms with Crippen LogP contribution in [0, 0.1) is 5.92 Å². The minimum Gasteiger partial charge on any atom is -0.314 e. The van der Waals surface area contributed by atoms with Gasteiger partial charge in [0.25, 0.3) is 0 Å². The molecule has 15 heavy (non-hydrogen) atoms. The predicted molar refractivity (Wildman–Crippen MR) is 64.5 cm³/mol. The summed E-state index contributed by atoms with van der Waals surface area (Å²) in [6.07, 6.45) is 1.42. The van der Waals surface area contributed by atoms with Crippen LogP contribution in [0.1, 0.15) is 17.2 Å². The molecule has 3 rings (SSSR count). The molecular weight excluding hydrogens is 204 g/mol. The highest BCUT2D eigenvalue weighted by Crippen LogP contribution is 2.49. The van der Waals surface area contributed by atoms with E-state index in [9.17, 15) is 0 Å². The minimum absolute atomic E-state index is 0.889. The van der Waals surface area contributed by atoms with Crippen LogP contribution in [-0.4, -0.2) is 37.6 Å². The first-order valence-corrected chi connectivity index (χ1v) is 6.78. The normalized spacial score (nSPS) is 31.7. The van der Waals surface area contributed by atoms with Gasteiger partial charge in [0, 0.05) is 37.6 Å². The van der Waals surface area contributed by atoms with Crippen LogP contribution in [0.2, 0.25) is 0 Å². The number of hydrogen-bond donors (Lipinski definition) is 1. The SMILES string of the molecule is c1csc(C2CC2CN2CCNCC2)c1. The zero-order valence-corrected chi connectivity index (χ0v) is 9.80. The highest BCUT2D eigenvalue weighted by atomic mass is 32.1. The predicted octanol–water partition coefficient (Wildman–Crippen LogP) is 1.76. The molecule has 0 aromatic carbocycles. The molecule has 1 aliphatic heterocycles. The highest BCUT2D eigenvalue weighted by molar-refractivity contribution is 7.10. The average molecular weight is 222 g/mol. The van der Waals surface area contributed by atoms with Crippen molar-refractivity contribution in [2.75, 3.05) is 32.7 Å². The molecule has 1 saturated heterocycles. The first-order valence-electron chi connectivity index (χ1n) is 5.90. The fraction of sp³-hybridized carbons (Fsp3) is 0.667. The summed E-state index contributed by atoms with van der Waals surface area (Å²) in [4.78, 5) is 4.23. The van der Waals surface area contributed by atoms with Gasteiger partial charge in [-0.05, 0) is 29.7 Å². The lowest BCUT2D eigenvalue weighted by atomic mass is 10.2. The third kappa shape index (κ3) is 2.25. The number of rotatable bonds is 3. The lowest BCUT2D eigenvalue weighted by Gasteiger charge is -2.27. The van der Waals surface area contributed by atoms with E-state index in [0.29, 0.717) is 0 Å². The Balaban J connectivity index is 1.50. The van der Waals surface area contributed by atoms with Crippen molar-refractivity contribution in [3.8, 4) is 0 Å². The van der Waals surface area contributed by atoms with Gasteiger partial charge in [-0.2, -0.15) is 0 Å². The van der Waals surface area contributed by atoms with E-state index in [0.717, 1.165) is 11.8 Å². The monoisotopic (exact) mass is 222 g/mol. The first kappa shape index (κ1) is 9.82. The van der Waals surface area contributed by atoms with Crippen molar-refractivity contribution < 1.29 is 0 Å². The zero-order chi connectivity index (χ0) is 10.1. The molecule has 1 saturated carbocycles. The van der Waals surface area contributed by atoms with Crippen LogP contribution in [0.4, 0.5) is 0 Å². The van der Waals surface area contributed by atoms with Crippen LogP contribution >= 0.6 is 11.3 Å². The van der Waals surface area contributed by atoms with E-state index in [2.05, 4.69) is 27.7 Å². The summed E-state index contributed by atoms with van der Waals surface area (Å²) in [6.45, 7) is 6.17. The Kier molecular flexibility index (Phi) is 2.77. The lowest BCUT2D eigenvalue weighted by Crippen LogP contribution is -2.44. The van der Waals surface area contributed by atoms with Crippen molar-refractivity contribution in [2.24, 2.45) is 5.92 Å². The van der Waals surface area contributed by atoms with E-state index in [4.69, 9.17) is 0 Å². The van der Waals surface area contributed by atoms with Crippen molar-refractivity contribution in [1.29, 1.82) is 0 Å². The summed E-state index contributed by atoms with van der Waals surface area (Å²) < 4.78 is 0. The van der Waals surface area contributed by atoms with E-state index >= 15 is 0 Å². The van der Waals surface area contributed by atoms with Gasteiger partial charge in [-0.15, -0.1) is 11.3 Å². The summed E-state index contributed by atoms with van der Waals surface area (Å²) in [5, 5.41) is 5.61. The Bertz CT molecular complexity index is 303. The number of nitrogens with one attached hydrogen (secondary N) is 1. The Labute approximate surface area is 95.3 Å². The first-order chi connectivity index (χ1) is 7.43. The molecule has 0 bridgehead atoms. The van der Waals surface area contributed by atoms with Crippen molar-refractivity contribution in [3.05, 3.63) is 22.4 Å². The largest absolute Gasteiger partial charge is 0.314 e. The Hall–Kier alpha value is -0.380. The van der Waals surface area contributed by atoms with E-state index in [-0.39, 0.29) is 0 Å². The summed E-state index contributed by atoms with van der Waals surface area (Å²) in [5.74, 6) is 1.83. The molecule has 2 heterocycles. The quantitative estimate of drug-likeness (QED) is 0.838. The third-order valence-corrected chi connectivity index (χ3v) is 4.54. The molecule has 2 atom stereocenters. The second-order valence-corrected chi connectivity index (χ2v) is 5.65. The topological polar surface area (TPSA) is 15.3 Å². The van der Waals surface area contributed by atoms with Gasteiger partial charge in [0.15, 0.2) is 0 Å². The lowest BCUT2D eigenvalue weighted by molar-refractivity contribution is 0.231. The molecule has 2 fully saturated rings. The van der Waals surface area contributed by atoms with Gasteiger partial charge in [0.2, 0.25) is 0 Å². The maximum absolute atomic E-state index is 3.41. The van der Waals surface area contributed by atoms with E-state index in [1.54, 1.807) is 4.88 Å². The van der Waals surface area contributed by atoms with Gasteiger partial charge in [0.05, 0.1) is 0 Å². The zero-order valence-electron chi connectivity index (χ0n) is 8.98. The standard InChI is InChI=1S/C12H18N2S/c1-2-12(15-7-1)11-8-10(11)9-14-5-3-13-4-6-14/h1-2,7,10-11,13H,3-6,8-9H2. The Morgan fingerprint density at radius 2 is 2.27 bits per heavy atom. The molecule has 3 heteroatoms. The van der Waals surface area contributed by atoms with E-state index in [1.165, 1.54) is 39.1 Å². The summed E-state index contributed by atoms with van der Waals surface area (Å²) in [5.41, 5.74) is 0. The van der Waals surface area contributed by atoms with Crippen molar-refractivity contribution in [1.82, 2.24) is 10.2 Å². The second-order valence-electron chi connectivity index (χ2n) is 4.67. The fourth-order valence-electron chi connectivity index (χ4n) is 2.53. The van der Waals surface area contributed by atoms with Crippen molar-refractivity contribution in [2.45, 2.75) is 12.3 Å².